The molecule has 0 aromatic heterocycles. The van der Waals surface area contributed by atoms with Crippen LogP contribution in [0.3, 0.4) is 0 Å². The molecule has 0 radical (unpaired) electrons. The Hall–Kier alpha value is -1.17. The van der Waals surface area contributed by atoms with Crippen molar-refractivity contribution in [2.45, 2.75) is 18.9 Å². The van der Waals surface area contributed by atoms with E-state index in [1.807, 2.05) is 24.3 Å². The fourth-order valence-electron chi connectivity index (χ4n) is 3.03. The first-order valence-electron chi connectivity index (χ1n) is 6.29. The van der Waals surface area contributed by atoms with Crippen molar-refractivity contribution in [1.29, 1.82) is 0 Å². The van der Waals surface area contributed by atoms with Gasteiger partial charge in [0.15, 0.2) is 0 Å². The molecule has 0 amide bonds. The van der Waals surface area contributed by atoms with Crippen molar-refractivity contribution in [3.05, 3.63) is 29.8 Å². The minimum absolute atomic E-state index is 0. The molecule has 2 fully saturated rings. The number of halogens is 1. The summed E-state index contributed by atoms with van der Waals surface area (Å²) in [5.74, 6) is 5.21. The molecule has 3 heteroatoms. The summed E-state index contributed by atoms with van der Waals surface area (Å²) in [6.07, 6.45) is 8.10. The third kappa shape index (κ3) is 2.63. The summed E-state index contributed by atoms with van der Waals surface area (Å²) in [5.41, 5.74) is 0.907. The Kier molecular flexibility index (Phi) is 4.16. The lowest BCUT2D eigenvalue weighted by Gasteiger charge is -2.14. The van der Waals surface area contributed by atoms with Crippen LogP contribution in [0.1, 0.15) is 18.4 Å². The maximum absolute atomic E-state index is 6.01. The zero-order valence-corrected chi connectivity index (χ0v) is 11.1. The Balaban J connectivity index is 0.00000120. The van der Waals surface area contributed by atoms with E-state index in [0.29, 0.717) is 6.10 Å². The van der Waals surface area contributed by atoms with E-state index < -0.39 is 0 Å². The van der Waals surface area contributed by atoms with E-state index in [-0.39, 0.29) is 12.4 Å². The molecular formula is C15H18ClNO. The summed E-state index contributed by atoms with van der Waals surface area (Å²) in [4.78, 5) is 0. The van der Waals surface area contributed by atoms with Gasteiger partial charge in [-0.15, -0.1) is 18.8 Å². The van der Waals surface area contributed by atoms with Crippen LogP contribution in [0, 0.1) is 24.2 Å². The molecule has 2 atom stereocenters. The van der Waals surface area contributed by atoms with Gasteiger partial charge >= 0.3 is 0 Å². The molecule has 2 aliphatic rings. The smallest absolute Gasteiger partial charge is 0.119 e. The quantitative estimate of drug-likeness (QED) is 0.828. The molecule has 1 aromatic rings. The largest absolute Gasteiger partial charge is 0.490 e. The molecule has 18 heavy (non-hydrogen) atoms. The molecule has 0 spiro atoms. The number of fused-ring (bicyclic) bond motifs is 1. The van der Waals surface area contributed by atoms with Crippen LogP contribution in [0.5, 0.6) is 5.75 Å². The molecule has 2 unspecified atom stereocenters. The van der Waals surface area contributed by atoms with Gasteiger partial charge in [-0.2, -0.15) is 0 Å². The van der Waals surface area contributed by atoms with Gasteiger partial charge in [-0.05, 0) is 62.0 Å². The summed E-state index contributed by atoms with van der Waals surface area (Å²) >= 11 is 0. The van der Waals surface area contributed by atoms with Crippen LogP contribution < -0.4 is 10.1 Å². The van der Waals surface area contributed by atoms with Crippen LogP contribution in [0.25, 0.3) is 0 Å². The highest BCUT2D eigenvalue weighted by Crippen LogP contribution is 2.36. The van der Waals surface area contributed by atoms with E-state index in [4.69, 9.17) is 11.2 Å². The van der Waals surface area contributed by atoms with Crippen molar-refractivity contribution in [2.75, 3.05) is 13.1 Å². The van der Waals surface area contributed by atoms with Gasteiger partial charge in [-0.3, -0.25) is 0 Å². The second-order valence-corrected chi connectivity index (χ2v) is 5.06. The van der Waals surface area contributed by atoms with Gasteiger partial charge in [-0.25, -0.2) is 0 Å². The zero-order chi connectivity index (χ0) is 11.7. The van der Waals surface area contributed by atoms with Gasteiger partial charge in [0.25, 0.3) is 0 Å². The number of nitrogens with one attached hydrogen (secondary N) is 1. The maximum Gasteiger partial charge on any atom is 0.119 e. The molecule has 1 aromatic carbocycles. The number of rotatable bonds is 2. The Morgan fingerprint density at radius 1 is 1.11 bits per heavy atom. The first kappa shape index (κ1) is 13.3. The molecule has 1 N–H and O–H groups in total. The monoisotopic (exact) mass is 263 g/mol. The summed E-state index contributed by atoms with van der Waals surface area (Å²) in [6.45, 7) is 2.33. The minimum Gasteiger partial charge on any atom is -0.490 e. The highest BCUT2D eigenvalue weighted by molar-refractivity contribution is 5.85. The van der Waals surface area contributed by atoms with Crippen molar-refractivity contribution in [2.24, 2.45) is 11.8 Å². The molecule has 1 saturated heterocycles. The zero-order valence-electron chi connectivity index (χ0n) is 10.3. The van der Waals surface area contributed by atoms with Gasteiger partial charge < -0.3 is 10.1 Å². The standard InChI is InChI=1S/C15H17NO.ClH/c1-2-11-3-5-14(6-4-11)17-15-7-12-9-16-10-13(12)8-15;/h1,3-6,12-13,15-16H,7-10H2;1H. The Labute approximate surface area is 115 Å². The Morgan fingerprint density at radius 3 is 2.28 bits per heavy atom. The van der Waals surface area contributed by atoms with E-state index in [1.165, 1.54) is 25.9 Å². The van der Waals surface area contributed by atoms with Crippen molar-refractivity contribution >= 4 is 12.4 Å². The summed E-state index contributed by atoms with van der Waals surface area (Å²) < 4.78 is 6.01. The van der Waals surface area contributed by atoms with E-state index in [2.05, 4.69) is 11.2 Å². The highest BCUT2D eigenvalue weighted by atomic mass is 35.5. The number of terminal acetylenes is 1. The molecule has 0 bridgehead atoms. The summed E-state index contributed by atoms with van der Waals surface area (Å²) in [5, 5.41) is 3.45. The second-order valence-electron chi connectivity index (χ2n) is 5.06. The topological polar surface area (TPSA) is 21.3 Å². The SMILES string of the molecule is C#Cc1ccc(OC2CC3CNCC3C2)cc1.Cl. The normalized spacial score (nSPS) is 29.2. The van der Waals surface area contributed by atoms with Crippen LogP contribution >= 0.6 is 12.4 Å². The van der Waals surface area contributed by atoms with Crippen LogP contribution in [-0.4, -0.2) is 19.2 Å². The molecule has 1 saturated carbocycles. The first-order valence-corrected chi connectivity index (χ1v) is 6.29. The van der Waals surface area contributed by atoms with E-state index in [9.17, 15) is 0 Å². The van der Waals surface area contributed by atoms with Crippen LogP contribution in [0.2, 0.25) is 0 Å². The van der Waals surface area contributed by atoms with Crippen LogP contribution in [0.15, 0.2) is 24.3 Å². The van der Waals surface area contributed by atoms with E-state index in [1.54, 1.807) is 0 Å². The fraction of sp³-hybridized carbons (Fsp3) is 0.467. The predicted octanol–water partition coefficient (Wildman–Crippen LogP) is 2.47. The third-order valence-electron chi connectivity index (χ3n) is 3.93. The molecule has 2 nitrogen and oxygen atoms in total. The van der Waals surface area contributed by atoms with E-state index >= 15 is 0 Å². The van der Waals surface area contributed by atoms with Gasteiger partial charge in [0.1, 0.15) is 5.75 Å². The van der Waals surface area contributed by atoms with Crippen molar-refractivity contribution in [3.8, 4) is 18.1 Å². The lowest BCUT2D eigenvalue weighted by atomic mass is 10.0. The number of benzene rings is 1. The molecule has 1 aliphatic carbocycles. The first-order chi connectivity index (χ1) is 8.35. The van der Waals surface area contributed by atoms with Crippen molar-refractivity contribution < 1.29 is 4.74 Å². The highest BCUT2D eigenvalue weighted by Gasteiger charge is 2.38. The lowest BCUT2D eigenvalue weighted by Crippen LogP contribution is -2.18. The number of hydrogen-bond donors (Lipinski definition) is 1. The summed E-state index contributed by atoms with van der Waals surface area (Å²) in [6, 6.07) is 7.82. The average Bonchev–Trinajstić information content (AvgIpc) is 2.90. The van der Waals surface area contributed by atoms with Gasteiger partial charge in [0, 0.05) is 5.56 Å². The van der Waals surface area contributed by atoms with E-state index in [0.717, 1.165) is 23.1 Å². The predicted molar refractivity (Wildman–Crippen MR) is 75.1 cm³/mol. The Bertz CT molecular complexity index is 425. The lowest BCUT2D eigenvalue weighted by molar-refractivity contribution is 0.199. The van der Waals surface area contributed by atoms with Crippen molar-refractivity contribution in [1.82, 2.24) is 5.32 Å². The van der Waals surface area contributed by atoms with Gasteiger partial charge in [0.05, 0.1) is 6.10 Å². The van der Waals surface area contributed by atoms with Crippen LogP contribution in [0.4, 0.5) is 0 Å². The third-order valence-corrected chi connectivity index (χ3v) is 3.93. The molecule has 96 valence electrons. The van der Waals surface area contributed by atoms with Crippen molar-refractivity contribution in [3.63, 3.8) is 0 Å². The molecule has 3 rings (SSSR count). The molecule has 1 aliphatic heterocycles. The Morgan fingerprint density at radius 2 is 1.72 bits per heavy atom. The average molecular weight is 264 g/mol. The molecule has 1 heterocycles. The fourth-order valence-corrected chi connectivity index (χ4v) is 3.03. The van der Waals surface area contributed by atoms with Gasteiger partial charge in [-0.1, -0.05) is 5.92 Å². The van der Waals surface area contributed by atoms with Gasteiger partial charge in [0.2, 0.25) is 0 Å². The number of ether oxygens (including phenoxy) is 1. The second kappa shape index (κ2) is 5.65. The molecular weight excluding hydrogens is 246 g/mol. The minimum atomic E-state index is 0. The maximum atomic E-state index is 6.01. The summed E-state index contributed by atoms with van der Waals surface area (Å²) in [7, 11) is 0. The number of hydrogen-bond acceptors (Lipinski definition) is 2. The van der Waals surface area contributed by atoms with Crippen LogP contribution in [-0.2, 0) is 0 Å².